The zero-order valence-electron chi connectivity index (χ0n) is 12.4. The maximum atomic E-state index is 12.0. The molecular weight excluding hydrogens is 300 g/mol. The van der Waals surface area contributed by atoms with Crippen molar-refractivity contribution in [1.82, 2.24) is 9.55 Å². The monoisotopic (exact) mass is 318 g/mol. The average Bonchev–Trinajstić information content (AvgIpc) is 2.92. The van der Waals surface area contributed by atoms with Crippen molar-refractivity contribution in [2.75, 3.05) is 6.61 Å². The summed E-state index contributed by atoms with van der Waals surface area (Å²) in [6.45, 7) is -0.234. The smallest absolute Gasteiger partial charge is 0.330 e. The lowest BCUT2D eigenvalue weighted by Crippen LogP contribution is -2.37. The van der Waals surface area contributed by atoms with Crippen LogP contribution in [-0.4, -0.2) is 38.6 Å². The first kappa shape index (κ1) is 15.7. The Hall–Kier alpha value is -2.22. The van der Waals surface area contributed by atoms with E-state index in [0.717, 1.165) is 5.56 Å². The van der Waals surface area contributed by atoms with Gasteiger partial charge in [0, 0.05) is 24.6 Å². The lowest BCUT2D eigenvalue weighted by atomic mass is 10.1. The molecule has 1 saturated heterocycles. The van der Waals surface area contributed by atoms with Crippen LogP contribution in [0.4, 0.5) is 0 Å². The molecule has 7 heteroatoms. The highest BCUT2D eigenvalue weighted by molar-refractivity contribution is 5.22. The molecule has 1 fully saturated rings. The number of nitrogens with one attached hydrogen (secondary N) is 1. The van der Waals surface area contributed by atoms with Crippen LogP contribution in [0.3, 0.4) is 0 Å². The maximum Gasteiger partial charge on any atom is 0.330 e. The van der Waals surface area contributed by atoms with Gasteiger partial charge in [0.05, 0.1) is 12.7 Å². The molecule has 1 aromatic carbocycles. The molecule has 23 heavy (non-hydrogen) atoms. The molecule has 2 aromatic rings. The van der Waals surface area contributed by atoms with Gasteiger partial charge in [-0.05, 0) is 5.56 Å². The Morgan fingerprint density at radius 2 is 2.00 bits per heavy atom. The molecule has 3 N–H and O–H groups in total. The number of aromatic nitrogens is 2. The van der Waals surface area contributed by atoms with E-state index in [1.54, 1.807) is 0 Å². The molecule has 0 unspecified atom stereocenters. The predicted octanol–water partition coefficient (Wildman–Crippen LogP) is -0.232. The first-order valence-corrected chi connectivity index (χ1v) is 7.41. The molecule has 0 saturated carbocycles. The summed E-state index contributed by atoms with van der Waals surface area (Å²) in [7, 11) is 0. The van der Waals surface area contributed by atoms with Gasteiger partial charge in [-0.15, -0.1) is 0 Å². The van der Waals surface area contributed by atoms with Gasteiger partial charge in [0.1, 0.15) is 6.10 Å². The molecule has 2 heterocycles. The highest BCUT2D eigenvalue weighted by Gasteiger charge is 2.35. The van der Waals surface area contributed by atoms with Crippen LogP contribution in [0, 0.1) is 0 Å². The van der Waals surface area contributed by atoms with E-state index in [2.05, 4.69) is 4.98 Å². The molecule has 3 atom stereocenters. The molecule has 1 aliphatic rings. The molecule has 0 amide bonds. The summed E-state index contributed by atoms with van der Waals surface area (Å²) in [6, 6.07) is 9.39. The van der Waals surface area contributed by atoms with Gasteiger partial charge >= 0.3 is 5.69 Å². The number of aromatic amines is 1. The zero-order chi connectivity index (χ0) is 16.4. The number of ether oxygens (including phenoxy) is 1. The largest absolute Gasteiger partial charge is 0.394 e. The van der Waals surface area contributed by atoms with Crippen molar-refractivity contribution in [3.8, 4) is 0 Å². The highest BCUT2D eigenvalue weighted by atomic mass is 16.5. The third-order valence-electron chi connectivity index (χ3n) is 3.92. The summed E-state index contributed by atoms with van der Waals surface area (Å²) in [4.78, 5) is 26.3. The average molecular weight is 318 g/mol. The third kappa shape index (κ3) is 3.26. The minimum absolute atomic E-state index is 0.234. The number of rotatable bonds is 4. The Balaban J connectivity index is 1.94. The van der Waals surface area contributed by atoms with Gasteiger partial charge in [0.2, 0.25) is 0 Å². The lowest BCUT2D eigenvalue weighted by molar-refractivity contribution is -0.0531. The standard InChI is InChI=1S/C16H18N2O5/c19-9-12-7-13(20)15(23-12)18-8-11(14(21)17-16(18)22)6-10-4-2-1-3-5-10/h1-5,8,12-13,15,19-20H,6-7,9H2,(H,17,21,22)/t12-,13+,15+/m0/s1. The van der Waals surface area contributed by atoms with Crippen LogP contribution in [0.15, 0.2) is 46.1 Å². The van der Waals surface area contributed by atoms with Gasteiger partial charge in [-0.25, -0.2) is 4.79 Å². The van der Waals surface area contributed by atoms with Crippen LogP contribution >= 0.6 is 0 Å². The second-order valence-electron chi connectivity index (χ2n) is 5.62. The second kappa shape index (κ2) is 6.49. The molecule has 122 valence electrons. The Morgan fingerprint density at radius 1 is 1.26 bits per heavy atom. The van der Waals surface area contributed by atoms with Crippen molar-refractivity contribution >= 4 is 0 Å². The molecular formula is C16H18N2O5. The first-order valence-electron chi connectivity index (χ1n) is 7.41. The molecule has 3 rings (SSSR count). The van der Waals surface area contributed by atoms with Gasteiger partial charge in [-0.2, -0.15) is 0 Å². The fraction of sp³-hybridized carbons (Fsp3) is 0.375. The number of hydrogen-bond donors (Lipinski definition) is 3. The van der Waals surface area contributed by atoms with Crippen molar-refractivity contribution in [1.29, 1.82) is 0 Å². The molecule has 0 spiro atoms. The third-order valence-corrected chi connectivity index (χ3v) is 3.92. The quantitative estimate of drug-likeness (QED) is 0.722. The van der Waals surface area contributed by atoms with E-state index in [9.17, 15) is 14.7 Å². The molecule has 0 aliphatic carbocycles. The normalized spacial score (nSPS) is 24.0. The number of hydrogen-bond acceptors (Lipinski definition) is 5. The van der Waals surface area contributed by atoms with E-state index in [4.69, 9.17) is 9.84 Å². The zero-order valence-corrected chi connectivity index (χ0v) is 12.4. The van der Waals surface area contributed by atoms with Crippen molar-refractivity contribution < 1.29 is 14.9 Å². The van der Waals surface area contributed by atoms with Gasteiger partial charge in [0.25, 0.3) is 5.56 Å². The van der Waals surface area contributed by atoms with Crippen molar-refractivity contribution in [3.63, 3.8) is 0 Å². The molecule has 0 radical (unpaired) electrons. The van der Waals surface area contributed by atoms with Crippen LogP contribution in [0.1, 0.15) is 23.8 Å². The van der Waals surface area contributed by atoms with Crippen molar-refractivity contribution in [3.05, 3.63) is 68.5 Å². The van der Waals surface area contributed by atoms with Gasteiger partial charge in [-0.3, -0.25) is 14.3 Å². The topological polar surface area (TPSA) is 105 Å². The SMILES string of the molecule is O=c1[nH]c(=O)n([C@@H]2O[C@H](CO)C[C@H]2O)cc1Cc1ccccc1. The maximum absolute atomic E-state index is 12.0. The van der Waals surface area contributed by atoms with Gasteiger partial charge in [-0.1, -0.05) is 30.3 Å². The molecule has 7 nitrogen and oxygen atoms in total. The molecule has 1 aromatic heterocycles. The fourth-order valence-corrected chi connectivity index (χ4v) is 2.76. The molecule has 0 bridgehead atoms. The number of H-pyrrole nitrogens is 1. The van der Waals surface area contributed by atoms with E-state index >= 15 is 0 Å². The molecule has 1 aliphatic heterocycles. The van der Waals surface area contributed by atoms with E-state index in [-0.39, 0.29) is 13.0 Å². The highest BCUT2D eigenvalue weighted by Crippen LogP contribution is 2.27. The summed E-state index contributed by atoms with van der Waals surface area (Å²) in [5.41, 5.74) is 0.235. The van der Waals surface area contributed by atoms with Crippen LogP contribution in [0.5, 0.6) is 0 Å². The number of nitrogens with zero attached hydrogens (tertiary/aromatic N) is 1. The lowest BCUT2D eigenvalue weighted by Gasteiger charge is -2.18. The Labute approximate surface area is 131 Å². The minimum Gasteiger partial charge on any atom is -0.394 e. The van der Waals surface area contributed by atoms with Crippen molar-refractivity contribution in [2.24, 2.45) is 0 Å². The van der Waals surface area contributed by atoms with Crippen LogP contribution in [0.2, 0.25) is 0 Å². The predicted molar refractivity (Wildman–Crippen MR) is 82.2 cm³/mol. The first-order chi connectivity index (χ1) is 11.1. The van der Waals surface area contributed by atoms with E-state index < -0.39 is 29.7 Å². The Bertz CT molecular complexity index is 783. The fourth-order valence-electron chi connectivity index (χ4n) is 2.76. The van der Waals surface area contributed by atoms with E-state index in [1.807, 2.05) is 30.3 Å². The summed E-state index contributed by atoms with van der Waals surface area (Å²) in [5, 5.41) is 19.2. The summed E-state index contributed by atoms with van der Waals surface area (Å²) < 4.78 is 6.66. The van der Waals surface area contributed by atoms with Crippen LogP contribution < -0.4 is 11.2 Å². The second-order valence-corrected chi connectivity index (χ2v) is 5.62. The Morgan fingerprint density at radius 3 is 2.65 bits per heavy atom. The summed E-state index contributed by atoms with van der Waals surface area (Å²) in [5.74, 6) is 0. The minimum atomic E-state index is -0.916. The Kier molecular flexibility index (Phi) is 4.42. The van der Waals surface area contributed by atoms with E-state index in [1.165, 1.54) is 10.8 Å². The number of benzene rings is 1. The van der Waals surface area contributed by atoms with Gasteiger partial charge < -0.3 is 14.9 Å². The summed E-state index contributed by atoms with van der Waals surface area (Å²) in [6.07, 6.45) is -0.330. The van der Waals surface area contributed by atoms with Gasteiger partial charge in [0.15, 0.2) is 6.23 Å². The summed E-state index contributed by atoms with van der Waals surface area (Å²) >= 11 is 0. The van der Waals surface area contributed by atoms with E-state index in [0.29, 0.717) is 12.0 Å². The number of aliphatic hydroxyl groups is 2. The number of aliphatic hydroxyl groups excluding tert-OH is 2. The van der Waals surface area contributed by atoms with Crippen molar-refractivity contribution in [2.45, 2.75) is 31.3 Å². The van der Waals surface area contributed by atoms with Crippen LogP contribution in [-0.2, 0) is 11.2 Å². The van der Waals surface area contributed by atoms with Crippen LogP contribution in [0.25, 0.3) is 0 Å².